The number of hydrogen-bond donors (Lipinski definition) is 3. The number of aliphatic hydroxyl groups is 1. The van der Waals surface area contributed by atoms with Gasteiger partial charge in [-0.1, -0.05) is 33.8 Å². The number of hydrogen-bond acceptors (Lipinski definition) is 5. The molecule has 5 nitrogen and oxygen atoms in total. The van der Waals surface area contributed by atoms with E-state index in [1.807, 2.05) is 20.8 Å². The summed E-state index contributed by atoms with van der Waals surface area (Å²) >= 11 is 0. The normalized spacial score (nSPS) is 44.3. The van der Waals surface area contributed by atoms with Crippen LogP contribution in [0.25, 0.3) is 0 Å². The van der Waals surface area contributed by atoms with Gasteiger partial charge in [0.05, 0.1) is 5.41 Å². The van der Waals surface area contributed by atoms with Gasteiger partial charge in [-0.25, -0.2) is 0 Å². The lowest BCUT2D eigenvalue weighted by Crippen LogP contribution is -2.68. The second-order valence-electron chi connectivity index (χ2n) is 12.2. The topological polar surface area (TPSA) is 94.8 Å². The summed E-state index contributed by atoms with van der Waals surface area (Å²) in [5.41, 5.74) is 1.57. The lowest BCUT2D eigenvalue weighted by atomic mass is 9.34. The minimum atomic E-state index is -1.10. The zero-order valence-electron chi connectivity index (χ0n) is 20.6. The summed E-state index contributed by atoms with van der Waals surface area (Å²) in [7, 11) is 0. The summed E-state index contributed by atoms with van der Waals surface area (Å²) in [5.74, 6) is -0.379. The molecule has 5 rings (SSSR count). The summed E-state index contributed by atoms with van der Waals surface area (Å²) in [6.07, 6.45) is 4.19. The Morgan fingerprint density at radius 1 is 1.06 bits per heavy atom. The Kier molecular flexibility index (Phi) is 4.46. The van der Waals surface area contributed by atoms with Crippen LogP contribution in [0.3, 0.4) is 0 Å². The first kappa shape index (κ1) is 22.6. The van der Waals surface area contributed by atoms with Gasteiger partial charge in [-0.3, -0.25) is 9.59 Å². The highest BCUT2D eigenvalue weighted by molar-refractivity contribution is 5.94. The fraction of sp³-hybridized carbons (Fsp3) is 0.643. The smallest absolute Gasteiger partial charge is 0.164 e. The van der Waals surface area contributed by atoms with E-state index >= 15 is 0 Å². The maximum Gasteiger partial charge on any atom is 0.164 e. The molecule has 3 N–H and O–H groups in total. The molecule has 3 saturated carbocycles. The van der Waals surface area contributed by atoms with E-state index in [1.54, 1.807) is 6.07 Å². The van der Waals surface area contributed by atoms with Crippen molar-refractivity contribution in [1.29, 1.82) is 0 Å². The van der Waals surface area contributed by atoms with Crippen LogP contribution in [0.15, 0.2) is 17.7 Å². The van der Waals surface area contributed by atoms with Crippen LogP contribution in [-0.2, 0) is 21.4 Å². The second kappa shape index (κ2) is 6.50. The maximum absolute atomic E-state index is 14.1. The van der Waals surface area contributed by atoms with Gasteiger partial charge in [0.25, 0.3) is 0 Å². The molecule has 0 spiro atoms. The Balaban J connectivity index is 1.69. The molecule has 0 saturated heterocycles. The van der Waals surface area contributed by atoms with Crippen LogP contribution in [-0.4, -0.2) is 33.0 Å². The van der Waals surface area contributed by atoms with E-state index in [0.29, 0.717) is 18.4 Å². The van der Waals surface area contributed by atoms with Crippen molar-refractivity contribution >= 4 is 11.6 Å². The lowest BCUT2D eigenvalue weighted by molar-refractivity contribution is -0.192. The fourth-order valence-electron chi connectivity index (χ4n) is 8.50. The van der Waals surface area contributed by atoms with Gasteiger partial charge in [-0.05, 0) is 79.2 Å². The van der Waals surface area contributed by atoms with E-state index in [0.717, 1.165) is 29.5 Å². The number of rotatable bonds is 0. The Morgan fingerprint density at radius 2 is 1.73 bits per heavy atom. The molecule has 0 aliphatic heterocycles. The fourth-order valence-corrected chi connectivity index (χ4v) is 8.50. The van der Waals surface area contributed by atoms with Gasteiger partial charge in [0.1, 0.15) is 11.9 Å². The van der Waals surface area contributed by atoms with E-state index in [1.165, 1.54) is 0 Å². The monoisotopic (exact) mass is 452 g/mol. The lowest BCUT2D eigenvalue weighted by Gasteiger charge is -2.68. The first-order valence-corrected chi connectivity index (χ1v) is 12.2. The number of aliphatic hydroxyl groups excluding tert-OH is 1. The van der Waals surface area contributed by atoms with Crippen molar-refractivity contribution in [3.8, 4) is 11.5 Å². The van der Waals surface area contributed by atoms with Crippen molar-refractivity contribution in [1.82, 2.24) is 0 Å². The predicted molar refractivity (Wildman–Crippen MR) is 125 cm³/mol. The number of aromatic hydroxyl groups is 2. The molecule has 4 aliphatic carbocycles. The van der Waals surface area contributed by atoms with Gasteiger partial charge in [0.15, 0.2) is 17.3 Å². The highest BCUT2D eigenvalue weighted by Gasteiger charge is 2.71. The Hall–Kier alpha value is -2.14. The van der Waals surface area contributed by atoms with Crippen LogP contribution in [0.4, 0.5) is 0 Å². The van der Waals surface area contributed by atoms with Crippen molar-refractivity contribution < 1.29 is 24.9 Å². The van der Waals surface area contributed by atoms with Gasteiger partial charge >= 0.3 is 0 Å². The first-order valence-electron chi connectivity index (χ1n) is 12.2. The molecule has 0 radical (unpaired) electrons. The SMILES string of the molecule is Cc1c(O)c(O)cc2c1CC=C1[C@@]3(C)C(=O)C[C@@]4(C)[C@H](O)C(=O)[C@H](C)C[C@H]4[C@]3(C)CC[C@]12C. The number of carbonyl (C=O) groups is 2. The zero-order valence-corrected chi connectivity index (χ0v) is 20.6. The number of carbonyl (C=O) groups excluding carboxylic acids is 2. The number of ketones is 2. The molecule has 7 atom stereocenters. The third-order valence-electron chi connectivity index (χ3n) is 10.8. The molecule has 1 aromatic carbocycles. The molecule has 3 fully saturated rings. The minimum Gasteiger partial charge on any atom is -0.504 e. The van der Waals surface area contributed by atoms with E-state index in [4.69, 9.17) is 0 Å². The van der Waals surface area contributed by atoms with E-state index in [-0.39, 0.29) is 46.7 Å². The molecule has 0 amide bonds. The maximum atomic E-state index is 14.1. The third kappa shape index (κ3) is 2.42. The molecule has 5 heteroatoms. The molecule has 0 aromatic heterocycles. The van der Waals surface area contributed by atoms with Crippen LogP contribution in [0.5, 0.6) is 11.5 Å². The number of fused-ring (bicyclic) bond motifs is 7. The van der Waals surface area contributed by atoms with Gasteiger partial charge in [-0.2, -0.15) is 0 Å². The molecule has 0 bridgehead atoms. The Labute approximate surface area is 195 Å². The zero-order chi connectivity index (χ0) is 24.3. The van der Waals surface area contributed by atoms with Gasteiger partial charge < -0.3 is 15.3 Å². The highest BCUT2D eigenvalue weighted by Crippen LogP contribution is 2.72. The Morgan fingerprint density at radius 3 is 2.39 bits per heavy atom. The van der Waals surface area contributed by atoms with Crippen LogP contribution >= 0.6 is 0 Å². The van der Waals surface area contributed by atoms with Crippen LogP contribution < -0.4 is 0 Å². The molecule has 4 aliphatic rings. The number of Topliss-reactive ketones (excluding diaryl/α,β-unsaturated/α-hetero) is 2. The third-order valence-corrected chi connectivity index (χ3v) is 10.8. The molecule has 1 aromatic rings. The van der Waals surface area contributed by atoms with Crippen molar-refractivity contribution in [2.75, 3.05) is 0 Å². The van der Waals surface area contributed by atoms with Gasteiger partial charge in [-0.15, -0.1) is 0 Å². The second-order valence-corrected chi connectivity index (χ2v) is 12.2. The van der Waals surface area contributed by atoms with Crippen molar-refractivity contribution in [2.24, 2.45) is 28.1 Å². The van der Waals surface area contributed by atoms with Crippen LogP contribution in [0, 0.1) is 35.0 Å². The highest BCUT2D eigenvalue weighted by atomic mass is 16.3. The minimum absolute atomic E-state index is 0.0530. The largest absolute Gasteiger partial charge is 0.504 e. The van der Waals surface area contributed by atoms with E-state index < -0.39 is 22.3 Å². The summed E-state index contributed by atoms with van der Waals surface area (Å²) in [5, 5.41) is 31.8. The molecule has 0 heterocycles. The summed E-state index contributed by atoms with van der Waals surface area (Å²) in [6.45, 7) is 12.1. The average molecular weight is 453 g/mol. The number of phenols is 2. The molecule has 178 valence electrons. The molecular formula is C28H36O5. The summed E-state index contributed by atoms with van der Waals surface area (Å²) in [6, 6.07) is 1.69. The van der Waals surface area contributed by atoms with Crippen LogP contribution in [0.1, 0.15) is 77.0 Å². The Bertz CT molecular complexity index is 1130. The van der Waals surface area contributed by atoms with Crippen molar-refractivity contribution in [3.63, 3.8) is 0 Å². The quantitative estimate of drug-likeness (QED) is 0.397. The standard InChI is InChI=1S/C28H36O5/c1-14-11-20-26(4,24(33)22(14)31)13-21(30)28(6)19-8-7-16-15(2)23(32)18(29)12-17(16)25(19,3)9-10-27(20,28)5/h8,12,14,20,24,29,32-33H,7,9-11,13H2,1-6H3/t14-,20-,24-,25+,26-,27+,28+/m1/s1. The number of benzene rings is 1. The van der Waals surface area contributed by atoms with Gasteiger partial charge in [0, 0.05) is 23.2 Å². The molecule has 0 unspecified atom stereocenters. The number of allylic oxidation sites excluding steroid dienone is 2. The van der Waals surface area contributed by atoms with Crippen LogP contribution in [0.2, 0.25) is 0 Å². The van der Waals surface area contributed by atoms with Gasteiger partial charge in [0.2, 0.25) is 0 Å². The summed E-state index contributed by atoms with van der Waals surface area (Å²) < 4.78 is 0. The van der Waals surface area contributed by atoms with E-state index in [9.17, 15) is 24.9 Å². The average Bonchev–Trinajstić information content (AvgIpc) is 2.76. The summed E-state index contributed by atoms with van der Waals surface area (Å²) in [4.78, 5) is 26.8. The van der Waals surface area contributed by atoms with E-state index in [2.05, 4.69) is 26.8 Å². The molecular weight excluding hydrogens is 416 g/mol. The first-order chi connectivity index (χ1) is 15.2. The van der Waals surface area contributed by atoms with Crippen molar-refractivity contribution in [3.05, 3.63) is 34.4 Å². The predicted octanol–water partition coefficient (Wildman–Crippen LogP) is 4.52. The molecule has 33 heavy (non-hydrogen) atoms. The van der Waals surface area contributed by atoms with Crippen molar-refractivity contribution in [2.45, 2.75) is 85.2 Å². The number of phenolic OH excluding ortho intramolecular Hbond substituents is 2.